The number of ketones is 1. The Morgan fingerprint density at radius 3 is 2.51 bits per heavy atom. The summed E-state index contributed by atoms with van der Waals surface area (Å²) in [7, 11) is 1.59. The van der Waals surface area contributed by atoms with Gasteiger partial charge in [-0.2, -0.15) is 0 Å². The molecule has 2 aliphatic carbocycles. The van der Waals surface area contributed by atoms with E-state index in [1.165, 1.54) is 6.92 Å². The fourth-order valence-electron chi connectivity index (χ4n) is 6.83. The van der Waals surface area contributed by atoms with E-state index in [-0.39, 0.29) is 50.5 Å². The van der Waals surface area contributed by atoms with Crippen molar-refractivity contribution < 1.29 is 44.2 Å². The molecule has 0 radical (unpaired) electrons. The number of hydrogen-bond donors (Lipinski definition) is 11. The Bertz CT molecular complexity index is 1120. The standard InChI is InChI=1S/C28H50N8O9/c1-27(40)11-42-25(20(39)23(27)33-2)44-21-12(6-18(37)28(41)7-17(28)36-26(31)32)5-15(30)22(19(21)38)45-24-16(35-13-9-34-10-13)4-3-14(8-29)43-24/h3,12-13,15-17,19-25,33-35,38-41H,4-11,29-30H2,1-2H3,(H4,31,32,36)/t12-,15-,16+,17?,19+,20+,21-,22?,23+,24+,25+,27-,28?/m0/s1. The zero-order chi connectivity index (χ0) is 32.7. The van der Waals surface area contributed by atoms with E-state index in [4.69, 9.17) is 41.9 Å². The molecule has 17 heteroatoms. The molecular weight excluding hydrogens is 592 g/mol. The number of rotatable bonds is 12. The zero-order valence-electron chi connectivity index (χ0n) is 25.7. The molecule has 4 fully saturated rings. The van der Waals surface area contributed by atoms with Gasteiger partial charge in [-0.1, -0.05) is 0 Å². The van der Waals surface area contributed by atoms with Crippen LogP contribution in [0.25, 0.3) is 0 Å². The third kappa shape index (κ3) is 7.29. The molecule has 0 aromatic rings. The molecule has 3 aliphatic heterocycles. The molecule has 15 N–H and O–H groups in total. The van der Waals surface area contributed by atoms with Crippen molar-refractivity contribution in [3.63, 3.8) is 0 Å². The van der Waals surface area contributed by atoms with Gasteiger partial charge < -0.3 is 78.3 Å². The number of hydrogen-bond acceptors (Lipinski definition) is 15. The quantitative estimate of drug-likeness (QED) is 0.0700. The maximum atomic E-state index is 13.3. The van der Waals surface area contributed by atoms with Crippen molar-refractivity contribution in [3.05, 3.63) is 11.8 Å². The highest BCUT2D eigenvalue weighted by Gasteiger charge is 2.60. The van der Waals surface area contributed by atoms with E-state index >= 15 is 0 Å². The molecule has 0 aromatic carbocycles. The monoisotopic (exact) mass is 642 g/mol. The van der Waals surface area contributed by atoms with E-state index in [1.807, 2.05) is 6.08 Å². The first kappa shape index (κ1) is 34.3. The Hall–Kier alpha value is -2.00. The average molecular weight is 643 g/mol. The number of nitrogens with two attached hydrogens (primary N) is 4. The second kappa shape index (κ2) is 13.6. The Morgan fingerprint density at radius 1 is 1.18 bits per heavy atom. The van der Waals surface area contributed by atoms with E-state index < -0.39 is 78.0 Å². The molecule has 0 bridgehead atoms. The summed E-state index contributed by atoms with van der Waals surface area (Å²) in [4.78, 5) is 17.3. The molecule has 3 heterocycles. The lowest BCUT2D eigenvalue weighted by molar-refractivity contribution is -0.308. The summed E-state index contributed by atoms with van der Waals surface area (Å²) in [6.45, 7) is 3.13. The lowest BCUT2D eigenvalue weighted by Crippen LogP contribution is -2.67. The molecule has 0 spiro atoms. The predicted molar refractivity (Wildman–Crippen MR) is 160 cm³/mol. The first-order chi connectivity index (χ1) is 21.3. The predicted octanol–water partition coefficient (Wildman–Crippen LogP) is -5.22. The summed E-state index contributed by atoms with van der Waals surface area (Å²) in [5.41, 5.74) is 20.2. The molecule has 2 saturated carbocycles. The number of carbonyl (C=O) groups excluding carboxylic acids is 1. The Balaban J connectivity index is 1.36. The number of aliphatic hydroxyl groups is 4. The van der Waals surface area contributed by atoms with Crippen molar-refractivity contribution in [1.29, 1.82) is 0 Å². The van der Waals surface area contributed by atoms with Crippen LogP contribution in [0.3, 0.4) is 0 Å². The van der Waals surface area contributed by atoms with Crippen LogP contribution in [0.1, 0.15) is 32.6 Å². The van der Waals surface area contributed by atoms with Crippen molar-refractivity contribution in [2.24, 2.45) is 33.8 Å². The van der Waals surface area contributed by atoms with Crippen LogP contribution in [-0.4, -0.2) is 144 Å². The molecule has 13 atom stereocenters. The Morgan fingerprint density at radius 2 is 1.89 bits per heavy atom. The van der Waals surface area contributed by atoms with Crippen LogP contribution in [0.5, 0.6) is 0 Å². The van der Waals surface area contributed by atoms with Crippen LogP contribution in [0.15, 0.2) is 16.8 Å². The van der Waals surface area contributed by atoms with Crippen molar-refractivity contribution in [2.75, 3.05) is 33.3 Å². The van der Waals surface area contributed by atoms with Crippen molar-refractivity contribution in [3.8, 4) is 0 Å². The first-order valence-electron chi connectivity index (χ1n) is 15.6. The second-order valence-corrected chi connectivity index (χ2v) is 13.2. The van der Waals surface area contributed by atoms with Crippen LogP contribution < -0.4 is 38.9 Å². The zero-order valence-corrected chi connectivity index (χ0v) is 25.7. The Kier molecular flexibility index (Phi) is 10.4. The van der Waals surface area contributed by atoms with Gasteiger partial charge in [0.2, 0.25) is 6.29 Å². The van der Waals surface area contributed by atoms with E-state index in [1.54, 1.807) is 7.05 Å². The topological polar surface area (TPSA) is 287 Å². The molecule has 45 heavy (non-hydrogen) atoms. The molecule has 17 nitrogen and oxygen atoms in total. The minimum absolute atomic E-state index is 0.0621. The highest BCUT2D eigenvalue weighted by atomic mass is 16.7. The van der Waals surface area contributed by atoms with Crippen LogP contribution in [-0.2, 0) is 23.7 Å². The fraction of sp³-hybridized carbons (Fsp3) is 0.857. The molecule has 0 aromatic heterocycles. The fourth-order valence-corrected chi connectivity index (χ4v) is 6.83. The summed E-state index contributed by atoms with van der Waals surface area (Å²) >= 11 is 0. The third-order valence-electron chi connectivity index (χ3n) is 9.62. The summed E-state index contributed by atoms with van der Waals surface area (Å²) in [5.74, 6) is -0.920. The number of Topliss-reactive ketones (excluding diaryl/α,β-unsaturated/α-hetero) is 1. The van der Waals surface area contributed by atoms with Gasteiger partial charge in [0.05, 0.1) is 37.4 Å². The maximum Gasteiger partial charge on any atom is 0.215 e. The number of carbonyl (C=O) groups is 1. The SMILES string of the molecule is CN[C@@H]1[C@@H](O)[C@@H](O[C@H]2[C@H](CC(=O)C3(O)CC3N=C(N)N)C[C@H](N)C(O[C@H]3OC(CN)=CC[C@H]3NC3CNC3)[C@@H]2O)OC[C@]1(C)O. The normalized spacial score (nSPS) is 45.2. The van der Waals surface area contributed by atoms with Gasteiger partial charge in [-0.05, 0) is 38.8 Å². The minimum atomic E-state index is -1.75. The third-order valence-corrected chi connectivity index (χ3v) is 9.62. The molecular formula is C28H50N8O9. The van der Waals surface area contributed by atoms with Gasteiger partial charge in [-0.3, -0.25) is 4.79 Å². The summed E-state index contributed by atoms with van der Waals surface area (Å²) < 4.78 is 24.4. The van der Waals surface area contributed by atoms with Crippen molar-refractivity contribution >= 4 is 11.7 Å². The van der Waals surface area contributed by atoms with Crippen molar-refractivity contribution in [1.82, 2.24) is 16.0 Å². The number of aliphatic imine (C=N–C) groups is 1. The van der Waals surface area contributed by atoms with Gasteiger partial charge in [0.15, 0.2) is 18.0 Å². The highest BCUT2D eigenvalue weighted by molar-refractivity contribution is 5.92. The van der Waals surface area contributed by atoms with Crippen LogP contribution in [0.2, 0.25) is 0 Å². The number of ether oxygens (including phenoxy) is 4. The lowest BCUT2D eigenvalue weighted by Gasteiger charge is -2.49. The number of nitrogens with one attached hydrogen (secondary N) is 3. The maximum absolute atomic E-state index is 13.3. The second-order valence-electron chi connectivity index (χ2n) is 13.2. The van der Waals surface area contributed by atoms with Crippen LogP contribution >= 0.6 is 0 Å². The van der Waals surface area contributed by atoms with Crippen molar-refractivity contribution in [2.45, 2.75) is 111 Å². The van der Waals surface area contributed by atoms with Gasteiger partial charge in [0, 0.05) is 38.0 Å². The molecule has 5 aliphatic rings. The number of aliphatic hydroxyl groups excluding tert-OH is 2. The summed E-state index contributed by atoms with van der Waals surface area (Å²) in [6.07, 6.45) is -4.47. The number of nitrogens with zero attached hydrogens (tertiary/aromatic N) is 1. The summed E-state index contributed by atoms with van der Waals surface area (Å²) in [5, 5.41) is 54.1. The molecule has 3 unspecified atom stereocenters. The molecule has 2 saturated heterocycles. The largest absolute Gasteiger partial charge is 0.467 e. The van der Waals surface area contributed by atoms with Crippen LogP contribution in [0.4, 0.5) is 0 Å². The number of likely N-dealkylation sites (N-methyl/N-ethyl adjacent to an activating group) is 1. The molecule has 256 valence electrons. The minimum Gasteiger partial charge on any atom is -0.467 e. The van der Waals surface area contributed by atoms with Crippen LogP contribution in [0, 0.1) is 5.92 Å². The van der Waals surface area contributed by atoms with Gasteiger partial charge in [0.1, 0.15) is 35.3 Å². The van der Waals surface area contributed by atoms with E-state index in [9.17, 15) is 25.2 Å². The first-order valence-corrected chi connectivity index (χ1v) is 15.6. The smallest absolute Gasteiger partial charge is 0.215 e. The summed E-state index contributed by atoms with van der Waals surface area (Å²) in [6, 6.07) is -2.36. The number of guanidine groups is 1. The van der Waals surface area contributed by atoms with Gasteiger partial charge in [-0.15, -0.1) is 0 Å². The highest BCUT2D eigenvalue weighted by Crippen LogP contribution is 2.43. The lowest BCUT2D eigenvalue weighted by atomic mass is 9.76. The van der Waals surface area contributed by atoms with E-state index in [0.717, 1.165) is 13.1 Å². The molecule has 0 amide bonds. The Labute approximate surface area is 262 Å². The van der Waals surface area contributed by atoms with Gasteiger partial charge in [0.25, 0.3) is 0 Å². The van der Waals surface area contributed by atoms with E-state index in [2.05, 4.69) is 20.9 Å². The van der Waals surface area contributed by atoms with Gasteiger partial charge in [-0.25, -0.2) is 4.99 Å². The molecule has 5 rings (SSSR count). The van der Waals surface area contributed by atoms with Gasteiger partial charge >= 0.3 is 0 Å². The van der Waals surface area contributed by atoms with E-state index in [0.29, 0.717) is 12.2 Å². The average Bonchev–Trinajstić information content (AvgIpc) is 3.61.